The van der Waals surface area contributed by atoms with Crippen LogP contribution < -0.4 is 16.3 Å². The highest BCUT2D eigenvalue weighted by Crippen LogP contribution is 2.46. The van der Waals surface area contributed by atoms with Crippen LogP contribution in [0.3, 0.4) is 0 Å². The molecule has 0 radical (unpaired) electrons. The van der Waals surface area contributed by atoms with Gasteiger partial charge in [-0.15, -0.1) is 0 Å². The largest absolute Gasteiger partial charge is 0.468 e. The molecule has 0 spiro atoms. The van der Waals surface area contributed by atoms with Gasteiger partial charge in [-0.25, -0.2) is 14.4 Å². The van der Waals surface area contributed by atoms with E-state index in [0.29, 0.717) is 12.0 Å². The second-order valence-electron chi connectivity index (χ2n) is 8.16. The third-order valence-electron chi connectivity index (χ3n) is 5.07. The molecule has 1 fully saturated rings. The van der Waals surface area contributed by atoms with E-state index in [4.69, 9.17) is 24.1 Å². The van der Waals surface area contributed by atoms with Crippen molar-refractivity contribution in [3.05, 3.63) is 43.0 Å². The highest BCUT2D eigenvalue weighted by molar-refractivity contribution is 7.51. The van der Waals surface area contributed by atoms with Gasteiger partial charge in [0.15, 0.2) is 0 Å². The molecule has 0 bridgehead atoms. The summed E-state index contributed by atoms with van der Waals surface area (Å²) in [5.41, 5.74) is 8.04. The summed E-state index contributed by atoms with van der Waals surface area (Å²) in [6.07, 6.45) is 0.0633. The number of nitrogens with one attached hydrogen (secondary N) is 2. The lowest BCUT2D eigenvalue weighted by molar-refractivity contribution is -0.143. The van der Waals surface area contributed by atoms with Crippen molar-refractivity contribution in [1.29, 1.82) is 0 Å². The first-order chi connectivity index (χ1) is 16.0. The Labute approximate surface area is 196 Å². The summed E-state index contributed by atoms with van der Waals surface area (Å²) in [4.78, 5) is 41.0. The molecule has 0 saturated carbocycles. The van der Waals surface area contributed by atoms with Crippen LogP contribution in [0.4, 0.5) is 0 Å². The van der Waals surface area contributed by atoms with Gasteiger partial charge >= 0.3 is 19.4 Å². The monoisotopic (exact) mass is 502 g/mol. The Morgan fingerprint density at radius 3 is 2.74 bits per heavy atom. The van der Waals surface area contributed by atoms with Crippen LogP contribution in [0.15, 0.2) is 20.9 Å². The number of nitrogens with zero attached hydrogens (tertiary/aromatic N) is 4. The number of carbonyl (C=O) groups is 1. The summed E-state index contributed by atoms with van der Waals surface area (Å²) < 4.78 is 36.0. The lowest BCUT2D eigenvalue weighted by atomic mass is 10.1. The average molecular weight is 502 g/mol. The van der Waals surface area contributed by atoms with Crippen LogP contribution in [0.1, 0.15) is 45.4 Å². The van der Waals surface area contributed by atoms with E-state index in [0.717, 1.165) is 0 Å². The summed E-state index contributed by atoms with van der Waals surface area (Å²) >= 11 is 0. The normalized spacial score (nSPS) is 22.7. The van der Waals surface area contributed by atoms with E-state index >= 15 is 0 Å². The predicted octanol–water partition coefficient (Wildman–Crippen LogP) is 2.15. The molecule has 15 heteroatoms. The van der Waals surface area contributed by atoms with Crippen molar-refractivity contribution < 1.29 is 27.9 Å². The van der Waals surface area contributed by atoms with Crippen molar-refractivity contribution in [1.82, 2.24) is 14.6 Å². The minimum atomic E-state index is -3.99. The highest BCUT2D eigenvalue weighted by atomic mass is 31.2. The zero-order chi connectivity index (χ0) is 25.5. The van der Waals surface area contributed by atoms with E-state index < -0.39 is 49.4 Å². The second kappa shape index (κ2) is 12.3. The SMILES string of the molecule is CCOP(=O)(NC(CC(C)C)C(=O)OC)OC[C@H]1O[C@@H](n2cc(C)c(=O)[nH]c2=O)C[C@@H]1N=[N+]=[N-]. The average Bonchev–Trinajstić information content (AvgIpc) is 3.16. The minimum absolute atomic E-state index is 0.0276. The molecule has 5 atom stereocenters. The van der Waals surface area contributed by atoms with Crippen LogP contribution in [0.2, 0.25) is 0 Å². The molecule has 1 aliphatic rings. The molecule has 2 rings (SSSR count). The van der Waals surface area contributed by atoms with Crippen LogP contribution in [-0.2, 0) is 27.9 Å². The maximum atomic E-state index is 13.3. The zero-order valence-electron chi connectivity index (χ0n) is 19.8. The van der Waals surface area contributed by atoms with Crippen molar-refractivity contribution in [2.24, 2.45) is 11.0 Å². The molecule has 14 nitrogen and oxygen atoms in total. The molecule has 190 valence electrons. The number of H-pyrrole nitrogens is 1. The van der Waals surface area contributed by atoms with Gasteiger partial charge in [0.25, 0.3) is 5.56 Å². The van der Waals surface area contributed by atoms with Gasteiger partial charge in [-0.05, 0) is 31.7 Å². The quantitative estimate of drug-likeness (QED) is 0.142. The smallest absolute Gasteiger partial charge is 0.406 e. The number of carbonyl (C=O) groups excluding carboxylic acids is 1. The molecular weight excluding hydrogens is 471 g/mol. The van der Waals surface area contributed by atoms with Gasteiger partial charge in [-0.2, -0.15) is 0 Å². The molecule has 1 aromatic rings. The van der Waals surface area contributed by atoms with E-state index in [9.17, 15) is 18.9 Å². The Bertz CT molecular complexity index is 1070. The number of ether oxygens (including phenoxy) is 2. The Kier molecular flexibility index (Phi) is 10.0. The Hall–Kier alpha value is -2.47. The number of aromatic amines is 1. The molecule has 0 aromatic carbocycles. The van der Waals surface area contributed by atoms with Gasteiger partial charge in [-0.3, -0.25) is 28.2 Å². The van der Waals surface area contributed by atoms with Crippen molar-refractivity contribution in [3.63, 3.8) is 0 Å². The highest BCUT2D eigenvalue weighted by Gasteiger charge is 2.40. The molecule has 1 saturated heterocycles. The van der Waals surface area contributed by atoms with Crippen molar-refractivity contribution >= 4 is 13.7 Å². The number of hydrogen-bond donors (Lipinski definition) is 2. The van der Waals surface area contributed by atoms with Crippen LogP contribution in [0.5, 0.6) is 0 Å². The van der Waals surface area contributed by atoms with Gasteiger partial charge in [0.1, 0.15) is 12.3 Å². The summed E-state index contributed by atoms with van der Waals surface area (Å²) in [6, 6.07) is -1.69. The molecule has 0 amide bonds. The standard InChI is InChI=1S/C19H31N6O8P/c1-6-31-34(29,23-14(7-11(2)3)18(27)30-5)32-10-15-13(22-24-20)8-16(33-15)25-9-12(4)17(26)21-19(25)28/h9,11,13-16H,6-8,10H2,1-5H3,(H,23,29)(H,21,26,28)/t13-,14?,15+,16+,34?/m0/s1. The minimum Gasteiger partial charge on any atom is -0.468 e. The number of methoxy groups -OCH3 is 1. The van der Waals surface area contributed by atoms with Gasteiger partial charge in [0.2, 0.25) is 0 Å². The van der Waals surface area contributed by atoms with E-state index in [2.05, 4.69) is 20.1 Å². The second-order valence-corrected chi connectivity index (χ2v) is 9.93. The Morgan fingerprint density at radius 2 is 2.15 bits per heavy atom. The maximum Gasteiger partial charge on any atom is 0.406 e. The van der Waals surface area contributed by atoms with Crippen LogP contribution in [0.25, 0.3) is 10.4 Å². The molecule has 2 N–H and O–H groups in total. The first kappa shape index (κ1) is 27.8. The third-order valence-corrected chi connectivity index (χ3v) is 6.79. The number of azide groups is 1. The number of aryl methyl sites for hydroxylation is 1. The van der Waals surface area contributed by atoms with E-state index in [1.54, 1.807) is 6.92 Å². The lowest BCUT2D eigenvalue weighted by Crippen LogP contribution is -2.38. The van der Waals surface area contributed by atoms with E-state index in [1.165, 1.54) is 24.8 Å². The fourth-order valence-corrected chi connectivity index (χ4v) is 4.98. The molecule has 1 aliphatic heterocycles. The summed E-state index contributed by atoms with van der Waals surface area (Å²) in [5.74, 6) is -0.534. The predicted molar refractivity (Wildman–Crippen MR) is 121 cm³/mol. The topological polar surface area (TPSA) is 187 Å². The number of hydrogen-bond acceptors (Lipinski definition) is 9. The molecule has 34 heavy (non-hydrogen) atoms. The van der Waals surface area contributed by atoms with Crippen molar-refractivity contribution in [3.8, 4) is 0 Å². The molecule has 2 unspecified atom stereocenters. The van der Waals surface area contributed by atoms with Crippen molar-refractivity contribution in [2.75, 3.05) is 20.3 Å². The van der Waals surface area contributed by atoms with Crippen LogP contribution >= 0.6 is 7.75 Å². The summed E-state index contributed by atoms with van der Waals surface area (Å²) in [6.45, 7) is 6.64. The van der Waals surface area contributed by atoms with Crippen molar-refractivity contribution in [2.45, 2.75) is 65.0 Å². The molecule has 1 aromatic heterocycles. The Balaban J connectivity index is 2.21. The fourth-order valence-electron chi connectivity index (χ4n) is 3.48. The third kappa shape index (κ3) is 7.26. The zero-order valence-corrected chi connectivity index (χ0v) is 20.7. The molecule has 0 aliphatic carbocycles. The molecule has 2 heterocycles. The summed E-state index contributed by atoms with van der Waals surface area (Å²) in [7, 11) is -2.77. The molecular formula is C19H31N6O8P. The number of aromatic nitrogens is 2. The van der Waals surface area contributed by atoms with Gasteiger partial charge in [-0.1, -0.05) is 19.0 Å². The van der Waals surface area contributed by atoms with E-state index in [-0.39, 0.29) is 25.6 Å². The maximum absolute atomic E-state index is 13.3. The first-order valence-electron chi connectivity index (χ1n) is 10.8. The fraction of sp³-hybridized carbons (Fsp3) is 0.737. The van der Waals surface area contributed by atoms with Gasteiger partial charge in [0.05, 0.1) is 32.5 Å². The Morgan fingerprint density at radius 1 is 1.44 bits per heavy atom. The summed E-state index contributed by atoms with van der Waals surface area (Å²) in [5, 5.41) is 6.33. The van der Waals surface area contributed by atoms with Gasteiger partial charge in [0, 0.05) is 23.1 Å². The lowest BCUT2D eigenvalue weighted by Gasteiger charge is -2.26. The number of rotatable bonds is 12. The van der Waals surface area contributed by atoms with E-state index in [1.807, 2.05) is 13.8 Å². The van der Waals surface area contributed by atoms with Crippen LogP contribution in [0, 0.1) is 12.8 Å². The number of esters is 1. The van der Waals surface area contributed by atoms with Gasteiger partial charge < -0.3 is 9.47 Å². The first-order valence-corrected chi connectivity index (χ1v) is 12.3. The van der Waals surface area contributed by atoms with Crippen LogP contribution in [-0.4, -0.2) is 54.0 Å².